The smallest absolute Gasteiger partial charge is 0.410 e. The summed E-state index contributed by atoms with van der Waals surface area (Å²) in [6, 6.07) is 17.8. The van der Waals surface area contributed by atoms with Gasteiger partial charge in [-0.05, 0) is 110 Å². The summed E-state index contributed by atoms with van der Waals surface area (Å²) in [5.41, 5.74) is 3.79. The van der Waals surface area contributed by atoms with Crippen LogP contribution in [0.2, 0.25) is 0 Å². The van der Waals surface area contributed by atoms with Gasteiger partial charge < -0.3 is 48.2 Å². The molecule has 3 heterocycles. The minimum atomic E-state index is -1.52. The maximum atomic E-state index is 15.3. The van der Waals surface area contributed by atoms with Gasteiger partial charge in [0.25, 0.3) is 0 Å². The Morgan fingerprint density at radius 2 is 1.61 bits per heavy atom. The van der Waals surface area contributed by atoms with E-state index in [0.29, 0.717) is 65.9 Å². The van der Waals surface area contributed by atoms with Crippen molar-refractivity contribution < 1.29 is 57.8 Å². The van der Waals surface area contributed by atoms with Gasteiger partial charge in [-0.25, -0.2) is 4.79 Å². The van der Waals surface area contributed by atoms with Crippen LogP contribution in [-0.4, -0.2) is 91.2 Å². The molecular weight excluding hydrogens is 941 g/mol. The molecule has 3 aromatic rings. The largest absolute Gasteiger partial charge is 0.459 e. The van der Waals surface area contributed by atoms with Crippen molar-refractivity contribution >= 4 is 18.1 Å². The van der Waals surface area contributed by atoms with Crippen molar-refractivity contribution in [3.05, 3.63) is 102 Å². The Kier molecular flexibility index (Phi) is 20.7. The standard InChI is InChI=1S/C60H80N2O12/c1-3-5-6-7-8-9-10-11-12-18-34-68-59(66)62(40-43-26-28-53-54(36-43)70-42-69-53)55-39-51(61-74-56-25-15-19-33-67-56)49-37-45(22-13-16-30-63)48(24-14-17-31-64)57-50-38-47(72-46-23-20-21-44(35-46)41-65)27-29-52(50)73-60(55,58(49)57)71-32-4-2/h4,20-21,23,26-29,35-38,41,45,48,55-58,63-64H,2-3,5-19,22,24-25,30-34,39-40,42H2,1H3/t45-,48+,55-,56?,57+,58+,60+/m0/s1. The van der Waals surface area contributed by atoms with Crippen molar-refractivity contribution in [3.63, 3.8) is 0 Å². The second kappa shape index (κ2) is 27.9. The summed E-state index contributed by atoms with van der Waals surface area (Å²) in [7, 11) is 0. The molecule has 3 aliphatic heterocycles. The van der Waals surface area contributed by atoms with Crippen LogP contribution in [0.1, 0.15) is 163 Å². The van der Waals surface area contributed by atoms with Crippen LogP contribution in [0, 0.1) is 17.8 Å². The van der Waals surface area contributed by atoms with Gasteiger partial charge in [0.05, 0.1) is 31.5 Å². The number of hydrogen-bond donors (Lipinski definition) is 2. The zero-order chi connectivity index (χ0) is 51.5. The first-order valence-corrected chi connectivity index (χ1v) is 27.8. The number of hydrogen-bond acceptors (Lipinski definition) is 13. The van der Waals surface area contributed by atoms with Gasteiger partial charge in [-0.1, -0.05) is 113 Å². The molecule has 2 fully saturated rings. The molecule has 1 saturated heterocycles. The van der Waals surface area contributed by atoms with E-state index < -0.39 is 30.1 Å². The molecule has 7 atom stereocenters. The van der Waals surface area contributed by atoms with E-state index in [1.54, 1.807) is 29.2 Å². The van der Waals surface area contributed by atoms with Crippen molar-refractivity contribution in [2.45, 2.75) is 166 Å². The van der Waals surface area contributed by atoms with E-state index in [-0.39, 0.29) is 63.9 Å². The second-order valence-electron chi connectivity index (χ2n) is 20.6. The molecule has 8 rings (SSSR count). The average Bonchev–Trinajstić information content (AvgIpc) is 3.91. The number of carbonyl (C=O) groups excluding carboxylic acids is 2. The molecule has 5 aliphatic rings. The number of fused-ring (bicyclic) bond motifs is 3. The summed E-state index contributed by atoms with van der Waals surface area (Å²) in [6.45, 7) is 7.68. The third-order valence-electron chi connectivity index (χ3n) is 15.4. The molecule has 1 amide bonds. The molecule has 0 bridgehead atoms. The van der Waals surface area contributed by atoms with Crippen molar-refractivity contribution in [1.82, 2.24) is 4.90 Å². The van der Waals surface area contributed by atoms with Crippen LogP contribution in [0.15, 0.2) is 90.1 Å². The minimum absolute atomic E-state index is 0.00908. The van der Waals surface area contributed by atoms with E-state index in [4.69, 9.17) is 43.2 Å². The monoisotopic (exact) mass is 1020 g/mol. The number of aldehydes is 1. The highest BCUT2D eigenvalue weighted by Gasteiger charge is 2.66. The van der Waals surface area contributed by atoms with Gasteiger partial charge in [-0.2, -0.15) is 0 Å². The number of nitrogens with zero attached hydrogens (tertiary/aromatic N) is 2. The lowest BCUT2D eigenvalue weighted by Crippen LogP contribution is -2.70. The van der Waals surface area contributed by atoms with Gasteiger partial charge >= 0.3 is 6.09 Å². The third-order valence-corrected chi connectivity index (χ3v) is 15.4. The molecule has 3 aromatic carbocycles. The molecule has 2 aliphatic carbocycles. The first kappa shape index (κ1) is 54.8. The van der Waals surface area contributed by atoms with Crippen LogP contribution in [0.4, 0.5) is 4.79 Å². The molecule has 14 nitrogen and oxygen atoms in total. The molecule has 0 spiro atoms. The normalized spacial score (nSPS) is 24.0. The number of unbranched alkanes of at least 4 members (excludes halogenated alkanes) is 11. The van der Waals surface area contributed by atoms with E-state index in [9.17, 15) is 15.0 Å². The maximum Gasteiger partial charge on any atom is 0.410 e. The Morgan fingerprint density at radius 1 is 0.851 bits per heavy atom. The van der Waals surface area contributed by atoms with E-state index in [2.05, 4.69) is 19.6 Å². The number of aliphatic hydroxyl groups is 2. The highest BCUT2D eigenvalue weighted by molar-refractivity contribution is 6.03. The molecule has 1 saturated carbocycles. The van der Waals surface area contributed by atoms with E-state index in [0.717, 1.165) is 80.8 Å². The van der Waals surface area contributed by atoms with Crippen LogP contribution in [-0.2, 0) is 25.6 Å². The van der Waals surface area contributed by atoms with Crippen molar-refractivity contribution in [2.24, 2.45) is 22.9 Å². The van der Waals surface area contributed by atoms with Crippen molar-refractivity contribution in [3.8, 4) is 28.7 Å². The lowest BCUT2D eigenvalue weighted by Gasteiger charge is -2.60. The fourth-order valence-electron chi connectivity index (χ4n) is 11.8. The van der Waals surface area contributed by atoms with Crippen molar-refractivity contribution in [1.29, 1.82) is 0 Å². The predicted molar refractivity (Wildman–Crippen MR) is 283 cm³/mol. The predicted octanol–water partition coefficient (Wildman–Crippen LogP) is 12.7. The molecule has 1 unspecified atom stereocenters. The Balaban J connectivity index is 1.23. The number of oxime groups is 1. The van der Waals surface area contributed by atoms with Crippen LogP contribution >= 0.6 is 0 Å². The molecule has 2 N–H and O–H groups in total. The Morgan fingerprint density at radius 3 is 2.36 bits per heavy atom. The quantitative estimate of drug-likeness (QED) is 0.0281. The summed E-state index contributed by atoms with van der Waals surface area (Å²) < 4.78 is 45.3. The van der Waals surface area contributed by atoms with E-state index in [1.165, 1.54) is 44.9 Å². The number of allylic oxidation sites excluding steroid dienone is 1. The number of amides is 1. The first-order valence-electron chi connectivity index (χ1n) is 27.8. The van der Waals surface area contributed by atoms with Crippen LogP contribution in [0.5, 0.6) is 28.7 Å². The average molecular weight is 1020 g/mol. The lowest BCUT2D eigenvalue weighted by molar-refractivity contribution is -0.256. The van der Waals surface area contributed by atoms with Gasteiger partial charge in [-0.3, -0.25) is 9.69 Å². The van der Waals surface area contributed by atoms with Crippen molar-refractivity contribution in [2.75, 3.05) is 39.8 Å². The summed E-state index contributed by atoms with van der Waals surface area (Å²) >= 11 is 0. The Bertz CT molecular complexity index is 2350. The maximum absolute atomic E-state index is 15.3. The van der Waals surface area contributed by atoms with Gasteiger partial charge in [0, 0.05) is 49.6 Å². The Labute approximate surface area is 438 Å². The van der Waals surface area contributed by atoms with E-state index >= 15 is 4.79 Å². The molecule has 0 radical (unpaired) electrons. The Hall–Kier alpha value is -5.41. The molecule has 14 heteroatoms. The lowest BCUT2D eigenvalue weighted by atomic mass is 9.55. The molecular formula is C60H80N2O12. The summed E-state index contributed by atoms with van der Waals surface area (Å²) in [4.78, 5) is 35.2. The SMILES string of the molecule is C=CCO[C@@]12Oc3ccc(Oc4cccc(C=O)c4)cc3[C@H]3[C@H](CCCCO)[C@@H](CCCCO)C=C(C(=NOC4CCCCO4)C[C@@H]1N(Cc1ccc4c(c1)OCO4)C(=O)OCCCCCCCCCCCC)[C@H]32. The summed E-state index contributed by atoms with van der Waals surface area (Å²) in [6.07, 6.45) is 22.6. The van der Waals surface area contributed by atoms with Crippen LogP contribution in [0.3, 0.4) is 0 Å². The fourth-order valence-corrected chi connectivity index (χ4v) is 11.8. The third kappa shape index (κ3) is 13.7. The van der Waals surface area contributed by atoms with Crippen LogP contribution < -0.4 is 18.9 Å². The highest BCUT2D eigenvalue weighted by Crippen LogP contribution is 2.62. The van der Waals surface area contributed by atoms with Gasteiger partial charge in [0.1, 0.15) is 29.6 Å². The van der Waals surface area contributed by atoms with Gasteiger partial charge in [0.15, 0.2) is 11.5 Å². The molecule has 0 aromatic heterocycles. The van der Waals surface area contributed by atoms with Crippen LogP contribution in [0.25, 0.3) is 0 Å². The zero-order valence-electron chi connectivity index (χ0n) is 43.6. The topological polar surface area (TPSA) is 164 Å². The number of aliphatic hydroxyl groups excluding tert-OH is 2. The number of rotatable bonds is 30. The zero-order valence-corrected chi connectivity index (χ0v) is 43.6. The number of benzene rings is 3. The minimum Gasteiger partial charge on any atom is -0.459 e. The molecule has 402 valence electrons. The van der Waals surface area contributed by atoms with Gasteiger partial charge in [-0.15, -0.1) is 6.58 Å². The first-order chi connectivity index (χ1) is 36.4. The van der Waals surface area contributed by atoms with Gasteiger partial charge in [0.2, 0.25) is 18.9 Å². The number of carbonyl (C=O) groups is 2. The second-order valence-corrected chi connectivity index (χ2v) is 20.6. The highest BCUT2D eigenvalue weighted by atomic mass is 16.8. The van der Waals surface area contributed by atoms with E-state index in [1.807, 2.05) is 42.5 Å². The molecule has 74 heavy (non-hydrogen) atoms. The number of ether oxygens (including phenoxy) is 7. The fraction of sp³-hybridized carbons (Fsp3) is 0.583. The summed E-state index contributed by atoms with van der Waals surface area (Å²) in [5, 5.41) is 25.2. The summed E-state index contributed by atoms with van der Waals surface area (Å²) in [5.74, 6) is 0.557.